The lowest BCUT2D eigenvalue weighted by atomic mass is 9.87. The molecule has 15 heavy (non-hydrogen) atoms. The summed E-state index contributed by atoms with van der Waals surface area (Å²) >= 11 is 0. The van der Waals surface area contributed by atoms with Crippen LogP contribution in [0.3, 0.4) is 0 Å². The van der Waals surface area contributed by atoms with Gasteiger partial charge in [-0.2, -0.15) is 0 Å². The van der Waals surface area contributed by atoms with Crippen LogP contribution in [-0.4, -0.2) is 5.78 Å². The number of benzene rings is 1. The maximum atomic E-state index is 12.0. The van der Waals surface area contributed by atoms with Crippen LogP contribution in [0.4, 0.5) is 0 Å². The summed E-state index contributed by atoms with van der Waals surface area (Å²) in [6, 6.07) is 10.4. The number of hydrogen-bond acceptors (Lipinski definition) is 1. The molecule has 0 atom stereocenters. The average Bonchev–Trinajstić information content (AvgIpc) is 2.99. The first-order valence-electron chi connectivity index (χ1n) is 5.72. The first-order chi connectivity index (χ1) is 7.14. The Kier molecular flexibility index (Phi) is 2.64. The maximum absolute atomic E-state index is 12.0. The fourth-order valence-corrected chi connectivity index (χ4v) is 2.26. The van der Waals surface area contributed by atoms with E-state index in [1.807, 2.05) is 32.0 Å². The van der Waals surface area contributed by atoms with Crippen LogP contribution < -0.4 is 0 Å². The van der Waals surface area contributed by atoms with Crippen molar-refractivity contribution in [3.05, 3.63) is 35.9 Å². The van der Waals surface area contributed by atoms with E-state index in [-0.39, 0.29) is 11.3 Å². The van der Waals surface area contributed by atoms with Crippen molar-refractivity contribution < 1.29 is 4.79 Å². The Balaban J connectivity index is 2.09. The molecule has 1 aliphatic carbocycles. The molecule has 0 spiro atoms. The summed E-state index contributed by atoms with van der Waals surface area (Å²) < 4.78 is 0. The Morgan fingerprint density at radius 2 is 1.87 bits per heavy atom. The van der Waals surface area contributed by atoms with Crippen LogP contribution in [0.2, 0.25) is 0 Å². The number of rotatable bonds is 4. The van der Waals surface area contributed by atoms with Crippen LogP contribution >= 0.6 is 0 Å². The molecule has 1 heteroatoms. The van der Waals surface area contributed by atoms with Crippen LogP contribution in [0, 0.1) is 11.3 Å². The largest absolute Gasteiger partial charge is 0.299 e. The molecule has 0 heterocycles. The third-order valence-corrected chi connectivity index (χ3v) is 3.29. The second-order valence-corrected chi connectivity index (χ2v) is 4.96. The number of carbonyl (C=O) groups excluding carboxylic acids is 1. The SMILES string of the molecule is CC(C)C(=O)C1(Cc2ccccc2)CC1. The lowest BCUT2D eigenvalue weighted by molar-refractivity contribution is -0.127. The van der Waals surface area contributed by atoms with Gasteiger partial charge in [-0.1, -0.05) is 44.2 Å². The minimum absolute atomic E-state index is 0.00444. The zero-order valence-corrected chi connectivity index (χ0v) is 9.49. The second-order valence-electron chi connectivity index (χ2n) is 4.96. The third-order valence-electron chi connectivity index (χ3n) is 3.29. The van der Waals surface area contributed by atoms with Crippen LogP contribution in [-0.2, 0) is 11.2 Å². The predicted molar refractivity (Wildman–Crippen MR) is 61.7 cm³/mol. The van der Waals surface area contributed by atoms with Crippen molar-refractivity contribution >= 4 is 5.78 Å². The molecule has 0 unspecified atom stereocenters. The normalized spacial score (nSPS) is 17.8. The van der Waals surface area contributed by atoms with Crippen molar-refractivity contribution in [2.75, 3.05) is 0 Å². The third kappa shape index (κ3) is 2.11. The van der Waals surface area contributed by atoms with Gasteiger partial charge in [-0.05, 0) is 24.8 Å². The zero-order valence-electron chi connectivity index (χ0n) is 9.49. The van der Waals surface area contributed by atoms with E-state index < -0.39 is 0 Å². The van der Waals surface area contributed by atoms with Gasteiger partial charge in [0.2, 0.25) is 0 Å². The van der Waals surface area contributed by atoms with Crippen molar-refractivity contribution in [1.82, 2.24) is 0 Å². The Bertz CT molecular complexity index is 347. The Labute approximate surface area is 91.5 Å². The summed E-state index contributed by atoms with van der Waals surface area (Å²) in [6.07, 6.45) is 3.10. The zero-order chi connectivity index (χ0) is 10.9. The summed E-state index contributed by atoms with van der Waals surface area (Å²) in [5.74, 6) is 0.627. The quantitative estimate of drug-likeness (QED) is 0.732. The lowest BCUT2D eigenvalue weighted by Gasteiger charge is -2.16. The fraction of sp³-hybridized carbons (Fsp3) is 0.500. The van der Waals surface area contributed by atoms with Gasteiger partial charge in [-0.3, -0.25) is 4.79 Å². The maximum Gasteiger partial charge on any atom is 0.141 e. The van der Waals surface area contributed by atoms with E-state index in [2.05, 4.69) is 12.1 Å². The van der Waals surface area contributed by atoms with Crippen molar-refractivity contribution in [2.24, 2.45) is 11.3 Å². The number of ketones is 1. The molecular formula is C14H18O. The minimum Gasteiger partial charge on any atom is -0.299 e. The second kappa shape index (κ2) is 3.80. The molecule has 0 aromatic heterocycles. The molecule has 0 aliphatic heterocycles. The predicted octanol–water partition coefficient (Wildman–Crippen LogP) is 3.23. The van der Waals surface area contributed by atoms with Gasteiger partial charge in [0.05, 0.1) is 0 Å². The summed E-state index contributed by atoms with van der Waals surface area (Å²) in [5.41, 5.74) is 1.29. The highest BCUT2D eigenvalue weighted by Gasteiger charge is 2.49. The number of Topliss-reactive ketones (excluding diaryl/α,β-unsaturated/α-hetero) is 1. The average molecular weight is 202 g/mol. The lowest BCUT2D eigenvalue weighted by Crippen LogP contribution is -2.23. The van der Waals surface area contributed by atoms with Crippen molar-refractivity contribution in [1.29, 1.82) is 0 Å². The number of hydrogen-bond donors (Lipinski definition) is 0. The van der Waals surface area contributed by atoms with Gasteiger partial charge in [-0.15, -0.1) is 0 Å². The standard InChI is InChI=1S/C14H18O/c1-11(2)13(15)14(8-9-14)10-12-6-4-3-5-7-12/h3-7,11H,8-10H2,1-2H3. The fourth-order valence-electron chi connectivity index (χ4n) is 2.26. The van der Waals surface area contributed by atoms with Crippen molar-refractivity contribution in [3.8, 4) is 0 Å². The molecule has 1 nitrogen and oxygen atoms in total. The van der Waals surface area contributed by atoms with Crippen molar-refractivity contribution in [2.45, 2.75) is 33.1 Å². The molecule has 1 aromatic carbocycles. The van der Waals surface area contributed by atoms with Crippen molar-refractivity contribution in [3.63, 3.8) is 0 Å². The minimum atomic E-state index is -0.00444. The van der Waals surface area contributed by atoms with E-state index in [9.17, 15) is 4.79 Å². The van der Waals surface area contributed by atoms with Gasteiger partial charge < -0.3 is 0 Å². The van der Waals surface area contributed by atoms with Gasteiger partial charge in [0, 0.05) is 11.3 Å². The van der Waals surface area contributed by atoms with Gasteiger partial charge in [0.1, 0.15) is 5.78 Å². The van der Waals surface area contributed by atoms with E-state index in [0.717, 1.165) is 19.3 Å². The highest BCUT2D eigenvalue weighted by molar-refractivity contribution is 5.89. The van der Waals surface area contributed by atoms with Crippen LogP contribution in [0.1, 0.15) is 32.3 Å². The molecule has 80 valence electrons. The number of carbonyl (C=O) groups is 1. The summed E-state index contributed by atoms with van der Waals surface area (Å²) in [6.45, 7) is 4.01. The topological polar surface area (TPSA) is 17.1 Å². The van der Waals surface area contributed by atoms with E-state index in [1.54, 1.807) is 0 Å². The highest BCUT2D eigenvalue weighted by atomic mass is 16.1. The van der Waals surface area contributed by atoms with Crippen LogP contribution in [0.25, 0.3) is 0 Å². The van der Waals surface area contributed by atoms with E-state index >= 15 is 0 Å². The smallest absolute Gasteiger partial charge is 0.141 e. The van der Waals surface area contributed by atoms with E-state index in [4.69, 9.17) is 0 Å². The van der Waals surface area contributed by atoms with Gasteiger partial charge >= 0.3 is 0 Å². The molecule has 1 aliphatic rings. The van der Waals surface area contributed by atoms with E-state index in [0.29, 0.717) is 5.78 Å². The Morgan fingerprint density at radius 3 is 2.33 bits per heavy atom. The first kappa shape index (κ1) is 10.4. The summed E-state index contributed by atoms with van der Waals surface area (Å²) in [7, 11) is 0. The molecule has 0 radical (unpaired) electrons. The Morgan fingerprint density at radius 1 is 1.27 bits per heavy atom. The Hall–Kier alpha value is -1.11. The molecule has 0 N–H and O–H groups in total. The van der Waals surface area contributed by atoms with Crippen LogP contribution in [0.5, 0.6) is 0 Å². The van der Waals surface area contributed by atoms with Crippen LogP contribution in [0.15, 0.2) is 30.3 Å². The monoisotopic (exact) mass is 202 g/mol. The molecule has 1 aromatic rings. The molecule has 2 rings (SSSR count). The van der Waals surface area contributed by atoms with Gasteiger partial charge in [0.15, 0.2) is 0 Å². The van der Waals surface area contributed by atoms with Gasteiger partial charge in [0.25, 0.3) is 0 Å². The molecule has 0 saturated heterocycles. The molecule has 1 saturated carbocycles. The van der Waals surface area contributed by atoms with Gasteiger partial charge in [-0.25, -0.2) is 0 Å². The molecule has 0 bridgehead atoms. The molecule has 1 fully saturated rings. The molecule has 0 amide bonds. The molecular weight excluding hydrogens is 184 g/mol. The first-order valence-corrected chi connectivity index (χ1v) is 5.72. The summed E-state index contributed by atoms with van der Waals surface area (Å²) in [4.78, 5) is 12.0. The summed E-state index contributed by atoms with van der Waals surface area (Å²) in [5, 5.41) is 0. The highest BCUT2D eigenvalue weighted by Crippen LogP contribution is 2.50. The van der Waals surface area contributed by atoms with E-state index in [1.165, 1.54) is 5.56 Å².